The van der Waals surface area contributed by atoms with E-state index in [1.807, 2.05) is 13.8 Å². The van der Waals surface area contributed by atoms with Gasteiger partial charge in [0.05, 0.1) is 0 Å². The first kappa shape index (κ1) is 8.64. The Labute approximate surface area is 61.4 Å². The molecular weight excluding hydrogens is 124 g/mol. The molecule has 0 atom stereocenters. The molecule has 0 aliphatic heterocycles. The number of aromatic nitrogens is 1. The topological polar surface area (TPSA) is 17.2 Å². The average Bonchev–Trinajstić information content (AvgIpc) is 2.10. The van der Waals surface area contributed by atoms with Crippen LogP contribution in [-0.2, 0) is 0 Å². The number of nitrogens with zero attached hydrogens (tertiary/aromatic N) is 2. The van der Waals surface area contributed by atoms with Crippen LogP contribution in [0.2, 0.25) is 0 Å². The van der Waals surface area contributed by atoms with Crippen LogP contribution in [0.25, 0.3) is 4.85 Å². The highest BCUT2D eigenvalue weighted by Crippen LogP contribution is 2.02. The van der Waals surface area contributed by atoms with Crippen molar-refractivity contribution in [2.75, 3.05) is 0 Å². The lowest BCUT2D eigenvalue weighted by molar-refractivity contribution is 1.36. The molecule has 0 unspecified atom stereocenters. The van der Waals surface area contributed by atoms with Gasteiger partial charge in [0.1, 0.15) is 6.20 Å². The van der Waals surface area contributed by atoms with Gasteiger partial charge in [-0.15, -0.1) is 4.98 Å². The van der Waals surface area contributed by atoms with E-state index in [1.165, 1.54) is 0 Å². The van der Waals surface area contributed by atoms with Gasteiger partial charge in [-0.25, -0.2) is 0 Å². The van der Waals surface area contributed by atoms with Gasteiger partial charge >= 0.3 is 0 Å². The third kappa shape index (κ3) is 2.83. The van der Waals surface area contributed by atoms with Gasteiger partial charge in [-0.3, -0.25) is 0 Å². The molecule has 2 heteroatoms. The highest BCUT2D eigenvalue weighted by molar-refractivity contribution is 5.33. The summed E-state index contributed by atoms with van der Waals surface area (Å²) in [4.78, 5) is 6.85. The van der Waals surface area contributed by atoms with E-state index in [2.05, 4.69) is 9.83 Å². The molecule has 1 heterocycles. The second-order valence-electron chi connectivity index (χ2n) is 1.30. The molecule has 0 fully saturated rings. The lowest BCUT2D eigenvalue weighted by atomic mass is 10.5. The van der Waals surface area contributed by atoms with Crippen molar-refractivity contribution in [3.63, 3.8) is 0 Å². The summed E-state index contributed by atoms with van der Waals surface area (Å²) < 4.78 is 0. The van der Waals surface area contributed by atoms with Crippen LogP contribution >= 0.6 is 0 Å². The number of hydrogen-bond donors (Lipinski definition) is 0. The summed E-state index contributed by atoms with van der Waals surface area (Å²) in [7, 11) is 0. The Bertz CT molecular complexity index is 198. The monoisotopic (exact) mass is 134 g/mol. The summed E-state index contributed by atoms with van der Waals surface area (Å²) in [5, 5.41) is 0. The summed E-state index contributed by atoms with van der Waals surface area (Å²) in [5.74, 6) is 0.451. The molecule has 1 rings (SSSR count). The van der Waals surface area contributed by atoms with Crippen LogP contribution in [0.1, 0.15) is 13.8 Å². The van der Waals surface area contributed by atoms with Crippen molar-refractivity contribution >= 4 is 5.82 Å². The zero-order valence-corrected chi connectivity index (χ0v) is 6.20. The van der Waals surface area contributed by atoms with Gasteiger partial charge in [0, 0.05) is 0 Å². The number of hydrogen-bond acceptors (Lipinski definition) is 1. The fourth-order valence-electron chi connectivity index (χ4n) is 0.420. The number of pyridine rings is 1. The predicted molar refractivity (Wildman–Crippen MR) is 41.8 cm³/mol. The standard InChI is InChI=1S/C6H4N2.C2H6/c1-7-6-4-2-3-5-8-6;1-2/h2-5H;1-2H3. The zero-order chi connectivity index (χ0) is 7.82. The zero-order valence-electron chi connectivity index (χ0n) is 6.20. The molecule has 0 aliphatic rings. The minimum atomic E-state index is 0.451. The molecule has 1 aromatic rings. The number of rotatable bonds is 0. The van der Waals surface area contributed by atoms with Gasteiger partial charge in [0.2, 0.25) is 0 Å². The van der Waals surface area contributed by atoms with Crippen LogP contribution in [-0.4, -0.2) is 4.98 Å². The lowest BCUT2D eigenvalue weighted by Gasteiger charge is -1.79. The molecule has 10 heavy (non-hydrogen) atoms. The maximum Gasteiger partial charge on any atom is 0.269 e. The van der Waals surface area contributed by atoms with Gasteiger partial charge in [0.25, 0.3) is 5.82 Å². The molecule has 52 valence electrons. The summed E-state index contributed by atoms with van der Waals surface area (Å²) in [6.07, 6.45) is 1.60. The summed E-state index contributed by atoms with van der Waals surface area (Å²) in [5.41, 5.74) is 0. The Hall–Kier alpha value is -1.36. The quantitative estimate of drug-likeness (QED) is 0.498. The van der Waals surface area contributed by atoms with Crippen molar-refractivity contribution in [3.8, 4) is 0 Å². The van der Waals surface area contributed by atoms with E-state index < -0.39 is 0 Å². The minimum Gasteiger partial charge on any atom is -0.361 e. The van der Waals surface area contributed by atoms with Crippen molar-refractivity contribution in [1.82, 2.24) is 4.98 Å². The smallest absolute Gasteiger partial charge is 0.269 e. The van der Waals surface area contributed by atoms with Gasteiger partial charge in [-0.05, 0) is 12.1 Å². The van der Waals surface area contributed by atoms with Crippen molar-refractivity contribution in [1.29, 1.82) is 0 Å². The van der Waals surface area contributed by atoms with Crippen molar-refractivity contribution in [2.24, 2.45) is 0 Å². The maximum absolute atomic E-state index is 6.51. The molecule has 0 aromatic carbocycles. The van der Waals surface area contributed by atoms with Crippen LogP contribution < -0.4 is 0 Å². The van der Waals surface area contributed by atoms with E-state index in [-0.39, 0.29) is 0 Å². The first-order valence-electron chi connectivity index (χ1n) is 3.22. The highest BCUT2D eigenvalue weighted by atomic mass is 14.8. The molecule has 0 radical (unpaired) electrons. The summed E-state index contributed by atoms with van der Waals surface area (Å²) in [6.45, 7) is 10.5. The van der Waals surface area contributed by atoms with Crippen LogP contribution in [0, 0.1) is 6.57 Å². The van der Waals surface area contributed by atoms with Crippen molar-refractivity contribution in [3.05, 3.63) is 35.8 Å². The van der Waals surface area contributed by atoms with Crippen LogP contribution in [0.15, 0.2) is 24.4 Å². The normalized spacial score (nSPS) is 6.90. The fourth-order valence-corrected chi connectivity index (χ4v) is 0.420. The third-order valence-corrected chi connectivity index (χ3v) is 0.764. The Balaban J connectivity index is 0.000000371. The Morgan fingerprint density at radius 2 is 2.10 bits per heavy atom. The summed E-state index contributed by atoms with van der Waals surface area (Å²) >= 11 is 0. The highest BCUT2D eigenvalue weighted by Gasteiger charge is 1.82. The van der Waals surface area contributed by atoms with E-state index in [0.29, 0.717) is 5.82 Å². The second kappa shape index (κ2) is 5.77. The summed E-state index contributed by atoms with van der Waals surface area (Å²) in [6, 6.07) is 5.25. The molecule has 0 spiro atoms. The van der Waals surface area contributed by atoms with E-state index in [1.54, 1.807) is 24.4 Å². The molecule has 0 saturated heterocycles. The lowest BCUT2D eigenvalue weighted by Crippen LogP contribution is -1.64. The van der Waals surface area contributed by atoms with Crippen LogP contribution in [0.3, 0.4) is 0 Å². The van der Waals surface area contributed by atoms with Gasteiger partial charge in [-0.2, -0.15) is 0 Å². The molecule has 0 N–H and O–H groups in total. The first-order chi connectivity index (χ1) is 4.93. The SMILES string of the molecule is CC.[C-]#[N+]c1ccccn1. The molecule has 1 aromatic heterocycles. The molecule has 0 bridgehead atoms. The Kier molecular flexibility index (Phi) is 4.99. The second-order valence-corrected chi connectivity index (χ2v) is 1.30. The predicted octanol–water partition coefficient (Wildman–Crippen LogP) is 2.66. The third-order valence-electron chi connectivity index (χ3n) is 0.764. The van der Waals surface area contributed by atoms with Crippen LogP contribution in [0.4, 0.5) is 5.82 Å². The molecule has 0 saturated carbocycles. The Morgan fingerprint density at radius 1 is 1.40 bits per heavy atom. The van der Waals surface area contributed by atoms with E-state index in [4.69, 9.17) is 6.57 Å². The van der Waals surface area contributed by atoms with Crippen molar-refractivity contribution < 1.29 is 0 Å². The van der Waals surface area contributed by atoms with E-state index >= 15 is 0 Å². The van der Waals surface area contributed by atoms with Crippen LogP contribution in [0.5, 0.6) is 0 Å². The molecule has 2 nitrogen and oxygen atoms in total. The molecule has 0 amide bonds. The van der Waals surface area contributed by atoms with Gasteiger partial charge in [-0.1, -0.05) is 26.5 Å². The minimum absolute atomic E-state index is 0.451. The molecule has 0 aliphatic carbocycles. The van der Waals surface area contributed by atoms with E-state index in [9.17, 15) is 0 Å². The largest absolute Gasteiger partial charge is 0.361 e. The Morgan fingerprint density at radius 3 is 2.40 bits per heavy atom. The maximum atomic E-state index is 6.51. The van der Waals surface area contributed by atoms with Crippen molar-refractivity contribution in [2.45, 2.75) is 13.8 Å². The average molecular weight is 134 g/mol. The molecular formula is C8H10N2. The fraction of sp³-hybridized carbons (Fsp3) is 0.250. The van der Waals surface area contributed by atoms with Gasteiger partial charge < -0.3 is 4.85 Å². The van der Waals surface area contributed by atoms with Gasteiger partial charge in [0.15, 0.2) is 0 Å². The van der Waals surface area contributed by atoms with E-state index in [0.717, 1.165) is 0 Å². The first-order valence-corrected chi connectivity index (χ1v) is 3.22.